The van der Waals surface area contributed by atoms with Crippen molar-refractivity contribution in [1.82, 2.24) is 10.6 Å². The fourth-order valence-corrected chi connectivity index (χ4v) is 1.56. The molecule has 0 aromatic carbocycles. The van der Waals surface area contributed by atoms with Gasteiger partial charge in [-0.3, -0.25) is 14.4 Å². The Labute approximate surface area is 92.4 Å². The minimum atomic E-state index is -0.942. The maximum atomic E-state index is 11.4. The molecule has 0 aliphatic heterocycles. The Hall–Kier alpha value is -1.59. The Kier molecular flexibility index (Phi) is 2.80. The van der Waals surface area contributed by atoms with Crippen molar-refractivity contribution < 1.29 is 19.5 Å². The molecule has 0 spiro atoms. The van der Waals surface area contributed by atoms with Gasteiger partial charge in [0.05, 0.1) is 18.4 Å². The highest BCUT2D eigenvalue weighted by molar-refractivity contribution is 5.91. The highest BCUT2D eigenvalue weighted by Crippen LogP contribution is 2.38. The Balaban J connectivity index is 1.64. The third-order valence-electron chi connectivity index (χ3n) is 2.81. The van der Waals surface area contributed by atoms with Crippen LogP contribution in [0.2, 0.25) is 0 Å². The minimum Gasteiger partial charge on any atom is -0.481 e. The van der Waals surface area contributed by atoms with Gasteiger partial charge in [-0.1, -0.05) is 0 Å². The van der Waals surface area contributed by atoms with Gasteiger partial charge in [0.2, 0.25) is 11.8 Å². The van der Waals surface area contributed by atoms with E-state index in [-0.39, 0.29) is 24.4 Å². The number of carbonyl (C=O) groups is 3. The SMILES string of the molecule is O=C(CNC(=O)C1CC1C(=O)O)NC1CC1. The summed E-state index contributed by atoms with van der Waals surface area (Å²) in [6.45, 7) is -0.0574. The molecule has 2 fully saturated rings. The second-order valence-corrected chi connectivity index (χ2v) is 4.35. The van der Waals surface area contributed by atoms with Crippen LogP contribution in [0, 0.1) is 11.8 Å². The van der Waals surface area contributed by atoms with Crippen molar-refractivity contribution >= 4 is 17.8 Å². The van der Waals surface area contributed by atoms with Gasteiger partial charge in [-0.05, 0) is 19.3 Å². The van der Waals surface area contributed by atoms with Gasteiger partial charge in [-0.2, -0.15) is 0 Å². The minimum absolute atomic E-state index is 0.0574. The van der Waals surface area contributed by atoms with Crippen molar-refractivity contribution in [2.24, 2.45) is 11.8 Å². The summed E-state index contributed by atoms with van der Waals surface area (Å²) in [6, 6.07) is 0.275. The van der Waals surface area contributed by atoms with Gasteiger partial charge in [0.25, 0.3) is 0 Å². The maximum Gasteiger partial charge on any atom is 0.307 e. The van der Waals surface area contributed by atoms with Crippen molar-refractivity contribution in [3.63, 3.8) is 0 Å². The molecule has 2 unspecified atom stereocenters. The Morgan fingerprint density at radius 1 is 1.19 bits per heavy atom. The summed E-state index contributed by atoms with van der Waals surface area (Å²) in [6.07, 6.45) is 2.39. The van der Waals surface area contributed by atoms with Crippen LogP contribution in [0.4, 0.5) is 0 Å². The monoisotopic (exact) mass is 226 g/mol. The van der Waals surface area contributed by atoms with Gasteiger partial charge >= 0.3 is 5.97 Å². The molecule has 2 aliphatic carbocycles. The zero-order valence-corrected chi connectivity index (χ0v) is 8.73. The fourth-order valence-electron chi connectivity index (χ4n) is 1.56. The van der Waals surface area contributed by atoms with Gasteiger partial charge in [-0.25, -0.2) is 0 Å². The molecule has 2 aliphatic rings. The average Bonchev–Trinajstić information content (AvgIpc) is 3.06. The van der Waals surface area contributed by atoms with E-state index in [1.807, 2.05) is 0 Å². The van der Waals surface area contributed by atoms with E-state index in [4.69, 9.17) is 5.11 Å². The molecule has 2 atom stereocenters. The molecule has 6 heteroatoms. The number of nitrogens with one attached hydrogen (secondary N) is 2. The topological polar surface area (TPSA) is 95.5 Å². The number of carbonyl (C=O) groups excluding carboxylic acids is 2. The molecule has 0 heterocycles. The summed E-state index contributed by atoms with van der Waals surface area (Å²) >= 11 is 0. The molecule has 0 saturated heterocycles. The van der Waals surface area contributed by atoms with E-state index in [0.29, 0.717) is 6.42 Å². The van der Waals surface area contributed by atoms with E-state index in [1.54, 1.807) is 0 Å². The predicted octanol–water partition coefficient (Wildman–Crippen LogP) is -0.898. The molecule has 6 nitrogen and oxygen atoms in total. The quantitative estimate of drug-likeness (QED) is 0.566. The largest absolute Gasteiger partial charge is 0.481 e. The van der Waals surface area contributed by atoms with E-state index in [0.717, 1.165) is 12.8 Å². The second-order valence-electron chi connectivity index (χ2n) is 4.35. The molecule has 88 valence electrons. The van der Waals surface area contributed by atoms with Crippen LogP contribution in [0.1, 0.15) is 19.3 Å². The summed E-state index contributed by atoms with van der Waals surface area (Å²) in [5.74, 6) is -2.50. The predicted molar refractivity (Wildman–Crippen MR) is 53.4 cm³/mol. The molecule has 3 N–H and O–H groups in total. The molecule has 2 amide bonds. The summed E-state index contributed by atoms with van der Waals surface area (Å²) in [4.78, 5) is 33.1. The number of rotatable bonds is 5. The van der Waals surface area contributed by atoms with Gasteiger partial charge in [0, 0.05) is 6.04 Å². The molecule has 0 aromatic heterocycles. The van der Waals surface area contributed by atoms with Crippen LogP contribution in [0.5, 0.6) is 0 Å². The average molecular weight is 226 g/mol. The van der Waals surface area contributed by atoms with Gasteiger partial charge in [0.15, 0.2) is 0 Å². The lowest BCUT2D eigenvalue weighted by Gasteiger charge is -2.04. The Morgan fingerprint density at radius 2 is 1.88 bits per heavy atom. The van der Waals surface area contributed by atoms with E-state index in [1.165, 1.54) is 0 Å². The van der Waals surface area contributed by atoms with E-state index in [2.05, 4.69) is 10.6 Å². The van der Waals surface area contributed by atoms with Crippen molar-refractivity contribution in [3.8, 4) is 0 Å². The van der Waals surface area contributed by atoms with Crippen molar-refractivity contribution in [3.05, 3.63) is 0 Å². The molecule has 0 bridgehead atoms. The molecular formula is C10H14N2O4. The zero-order chi connectivity index (χ0) is 11.7. The summed E-state index contributed by atoms with van der Waals surface area (Å²) in [7, 11) is 0. The van der Waals surface area contributed by atoms with Crippen LogP contribution >= 0.6 is 0 Å². The normalized spacial score (nSPS) is 27.0. The van der Waals surface area contributed by atoms with Crippen LogP contribution in [0.25, 0.3) is 0 Å². The number of carboxylic acid groups (broad SMARTS) is 1. The van der Waals surface area contributed by atoms with Crippen molar-refractivity contribution in [2.45, 2.75) is 25.3 Å². The van der Waals surface area contributed by atoms with E-state index >= 15 is 0 Å². The smallest absolute Gasteiger partial charge is 0.307 e. The number of hydrogen-bond acceptors (Lipinski definition) is 3. The lowest BCUT2D eigenvalue weighted by molar-refractivity contribution is -0.140. The molecule has 2 rings (SSSR count). The van der Waals surface area contributed by atoms with Gasteiger partial charge in [-0.15, -0.1) is 0 Å². The van der Waals surface area contributed by atoms with E-state index < -0.39 is 17.8 Å². The number of amides is 2. The maximum absolute atomic E-state index is 11.4. The van der Waals surface area contributed by atoms with Crippen LogP contribution in [-0.2, 0) is 14.4 Å². The fraction of sp³-hybridized carbons (Fsp3) is 0.700. The molecule has 16 heavy (non-hydrogen) atoms. The first-order valence-corrected chi connectivity index (χ1v) is 5.38. The van der Waals surface area contributed by atoms with Crippen LogP contribution < -0.4 is 10.6 Å². The Bertz CT molecular complexity index is 338. The van der Waals surface area contributed by atoms with Crippen molar-refractivity contribution in [2.75, 3.05) is 6.54 Å². The zero-order valence-electron chi connectivity index (χ0n) is 8.73. The standard InChI is InChI=1S/C10H14N2O4/c13-8(12-5-1-2-5)4-11-9(14)6-3-7(6)10(15)16/h5-7H,1-4H2,(H,11,14)(H,12,13)(H,15,16). The summed E-state index contributed by atoms with van der Waals surface area (Å²) < 4.78 is 0. The van der Waals surface area contributed by atoms with Gasteiger partial charge in [0.1, 0.15) is 0 Å². The molecule has 0 radical (unpaired) electrons. The van der Waals surface area contributed by atoms with Gasteiger partial charge < -0.3 is 15.7 Å². The first-order valence-electron chi connectivity index (χ1n) is 5.38. The molecule has 0 aromatic rings. The third-order valence-corrected chi connectivity index (χ3v) is 2.81. The summed E-state index contributed by atoms with van der Waals surface area (Å²) in [5.41, 5.74) is 0. The van der Waals surface area contributed by atoms with Crippen molar-refractivity contribution in [1.29, 1.82) is 0 Å². The number of hydrogen-bond donors (Lipinski definition) is 3. The highest BCUT2D eigenvalue weighted by Gasteiger charge is 2.48. The van der Waals surface area contributed by atoms with E-state index in [9.17, 15) is 14.4 Å². The lowest BCUT2D eigenvalue weighted by atomic mass is 10.3. The first-order chi connectivity index (χ1) is 7.58. The highest BCUT2D eigenvalue weighted by atomic mass is 16.4. The second kappa shape index (κ2) is 4.11. The summed E-state index contributed by atoms with van der Waals surface area (Å²) in [5, 5.41) is 13.8. The first kappa shape index (κ1) is 10.9. The lowest BCUT2D eigenvalue weighted by Crippen LogP contribution is -2.38. The Morgan fingerprint density at radius 3 is 2.38 bits per heavy atom. The molecular weight excluding hydrogens is 212 g/mol. The third kappa shape index (κ3) is 2.71. The number of carboxylic acids is 1. The molecule has 2 saturated carbocycles. The van der Waals surface area contributed by atoms with Crippen LogP contribution in [0.15, 0.2) is 0 Å². The van der Waals surface area contributed by atoms with Crippen LogP contribution in [0.3, 0.4) is 0 Å². The van der Waals surface area contributed by atoms with Crippen LogP contribution in [-0.4, -0.2) is 35.5 Å². The number of aliphatic carboxylic acids is 1.